The number of anilines is 1. The first-order chi connectivity index (χ1) is 9.72. The van der Waals surface area contributed by atoms with Crippen molar-refractivity contribution in [2.24, 2.45) is 0 Å². The van der Waals surface area contributed by atoms with Gasteiger partial charge in [-0.3, -0.25) is 4.79 Å². The molecule has 0 spiro atoms. The molecule has 1 saturated carbocycles. The van der Waals surface area contributed by atoms with Gasteiger partial charge in [0.25, 0.3) is 5.91 Å². The molecule has 5 heteroatoms. The van der Waals surface area contributed by atoms with Gasteiger partial charge in [0.05, 0.1) is 12.3 Å². The summed E-state index contributed by atoms with van der Waals surface area (Å²) in [6.07, 6.45) is 2.17. The minimum absolute atomic E-state index is 0.0447. The number of carbonyl (C=O) groups excluding carboxylic acids is 1. The van der Waals surface area contributed by atoms with Gasteiger partial charge in [-0.15, -0.1) is 11.3 Å². The summed E-state index contributed by atoms with van der Waals surface area (Å²) >= 11 is 1.48. The molecule has 0 radical (unpaired) electrons. The van der Waals surface area contributed by atoms with Crippen molar-refractivity contribution in [3.63, 3.8) is 0 Å². The van der Waals surface area contributed by atoms with Crippen molar-refractivity contribution in [2.75, 3.05) is 26.0 Å². The summed E-state index contributed by atoms with van der Waals surface area (Å²) in [6.45, 7) is 1.20. The van der Waals surface area contributed by atoms with Gasteiger partial charge in [0, 0.05) is 29.8 Å². The molecule has 2 N–H and O–H groups in total. The zero-order valence-electron chi connectivity index (χ0n) is 11.5. The van der Waals surface area contributed by atoms with Crippen molar-refractivity contribution in [3.05, 3.63) is 29.1 Å². The van der Waals surface area contributed by atoms with E-state index in [1.54, 1.807) is 7.11 Å². The Morgan fingerprint density at radius 3 is 2.85 bits per heavy atom. The second-order valence-corrected chi connectivity index (χ2v) is 6.12. The Labute approximate surface area is 122 Å². The van der Waals surface area contributed by atoms with Crippen LogP contribution >= 0.6 is 11.3 Å². The van der Waals surface area contributed by atoms with Crippen molar-refractivity contribution in [1.29, 1.82) is 0 Å². The third-order valence-corrected chi connectivity index (χ3v) is 4.79. The molecule has 0 unspecified atom stereocenters. The van der Waals surface area contributed by atoms with Crippen molar-refractivity contribution in [1.82, 2.24) is 4.90 Å². The predicted octanol–water partition coefficient (Wildman–Crippen LogP) is 2.73. The lowest BCUT2D eigenvalue weighted by Gasteiger charge is -2.21. The van der Waals surface area contributed by atoms with Crippen molar-refractivity contribution >= 4 is 33.0 Å². The number of fused-ring (bicyclic) bond motifs is 1. The Balaban J connectivity index is 1.92. The highest BCUT2D eigenvalue weighted by Gasteiger charge is 2.34. The van der Waals surface area contributed by atoms with E-state index in [1.807, 2.05) is 29.2 Å². The van der Waals surface area contributed by atoms with Gasteiger partial charge in [0.1, 0.15) is 4.88 Å². The third kappa shape index (κ3) is 2.39. The van der Waals surface area contributed by atoms with Crippen molar-refractivity contribution in [2.45, 2.75) is 18.9 Å². The van der Waals surface area contributed by atoms with Gasteiger partial charge in [0.2, 0.25) is 0 Å². The summed E-state index contributed by atoms with van der Waals surface area (Å²) in [5, 5.41) is 0.975. The maximum Gasteiger partial charge on any atom is 0.266 e. The van der Waals surface area contributed by atoms with E-state index in [0.717, 1.165) is 22.9 Å². The first-order valence-corrected chi connectivity index (χ1v) is 7.61. The number of ether oxygens (including phenoxy) is 1. The number of nitrogens with zero attached hydrogens (tertiary/aromatic N) is 1. The minimum atomic E-state index is 0.0447. The van der Waals surface area contributed by atoms with E-state index in [1.165, 1.54) is 11.3 Å². The second kappa shape index (κ2) is 5.42. The van der Waals surface area contributed by atoms with E-state index in [4.69, 9.17) is 10.5 Å². The van der Waals surface area contributed by atoms with Crippen molar-refractivity contribution in [3.8, 4) is 0 Å². The number of nitrogens with two attached hydrogens (primary N) is 1. The van der Waals surface area contributed by atoms with E-state index in [9.17, 15) is 4.79 Å². The molecule has 0 saturated heterocycles. The normalized spacial score (nSPS) is 14.7. The molecule has 1 aromatic heterocycles. The molecule has 1 aliphatic carbocycles. The molecule has 3 rings (SSSR count). The standard InChI is InChI=1S/C15H18N2O2S/c1-19-9-8-17(10-6-7-10)15(18)14-13(16)11-4-2-3-5-12(11)20-14/h2-5,10H,6-9,16H2,1H3. The van der Waals surface area contributed by atoms with Crippen LogP contribution in [0.2, 0.25) is 0 Å². The van der Waals surface area contributed by atoms with Gasteiger partial charge in [-0.1, -0.05) is 18.2 Å². The maximum absolute atomic E-state index is 12.7. The molecule has 0 aliphatic heterocycles. The number of hydrogen-bond acceptors (Lipinski definition) is 4. The average Bonchev–Trinajstić information content (AvgIpc) is 3.24. The average molecular weight is 290 g/mol. The van der Waals surface area contributed by atoms with Crippen molar-refractivity contribution < 1.29 is 9.53 Å². The minimum Gasteiger partial charge on any atom is -0.397 e. The molecule has 1 fully saturated rings. The lowest BCUT2D eigenvalue weighted by molar-refractivity contribution is 0.0686. The first kappa shape index (κ1) is 13.4. The molecule has 4 nitrogen and oxygen atoms in total. The number of methoxy groups -OCH3 is 1. The zero-order valence-corrected chi connectivity index (χ0v) is 12.3. The van der Waals surface area contributed by atoms with Crippen LogP contribution in [0.1, 0.15) is 22.5 Å². The van der Waals surface area contributed by atoms with Crippen LogP contribution in [0.5, 0.6) is 0 Å². The van der Waals surface area contributed by atoms with E-state index in [-0.39, 0.29) is 5.91 Å². The van der Waals surface area contributed by atoms with Crippen LogP contribution in [-0.2, 0) is 4.74 Å². The second-order valence-electron chi connectivity index (χ2n) is 5.06. The van der Waals surface area contributed by atoms with Gasteiger partial charge < -0.3 is 15.4 Å². The zero-order chi connectivity index (χ0) is 14.1. The van der Waals surface area contributed by atoms with E-state index in [2.05, 4.69) is 0 Å². The number of rotatable bonds is 5. The first-order valence-electron chi connectivity index (χ1n) is 6.79. The van der Waals surface area contributed by atoms with E-state index in [0.29, 0.717) is 29.8 Å². The van der Waals surface area contributed by atoms with Crippen LogP contribution in [0.25, 0.3) is 10.1 Å². The summed E-state index contributed by atoms with van der Waals surface area (Å²) in [7, 11) is 1.66. The molecule has 20 heavy (non-hydrogen) atoms. The highest BCUT2D eigenvalue weighted by molar-refractivity contribution is 7.21. The Morgan fingerprint density at radius 2 is 2.20 bits per heavy atom. The number of nitrogen functional groups attached to an aromatic ring is 1. The van der Waals surface area contributed by atoms with Gasteiger partial charge in [-0.2, -0.15) is 0 Å². The molecule has 1 aromatic carbocycles. The molecular weight excluding hydrogens is 272 g/mol. The Morgan fingerprint density at radius 1 is 1.45 bits per heavy atom. The summed E-state index contributed by atoms with van der Waals surface area (Å²) in [4.78, 5) is 15.3. The van der Waals surface area contributed by atoms with Crippen LogP contribution in [0.3, 0.4) is 0 Å². The molecule has 0 bridgehead atoms. The van der Waals surface area contributed by atoms with Crippen LogP contribution < -0.4 is 5.73 Å². The molecule has 1 amide bonds. The molecule has 1 heterocycles. The van der Waals surface area contributed by atoms with E-state index < -0.39 is 0 Å². The smallest absolute Gasteiger partial charge is 0.266 e. The number of thiophene rings is 1. The van der Waals surface area contributed by atoms with Gasteiger partial charge in [-0.05, 0) is 18.9 Å². The summed E-state index contributed by atoms with van der Waals surface area (Å²) in [6, 6.07) is 8.25. The topological polar surface area (TPSA) is 55.6 Å². The SMILES string of the molecule is COCCN(C(=O)c1sc2ccccc2c1N)C1CC1. The fourth-order valence-electron chi connectivity index (χ4n) is 2.38. The number of hydrogen-bond donors (Lipinski definition) is 1. The van der Waals surface area contributed by atoms with Gasteiger partial charge >= 0.3 is 0 Å². The Bertz CT molecular complexity index is 634. The predicted molar refractivity (Wildman–Crippen MR) is 82.2 cm³/mol. The number of amides is 1. The van der Waals surface area contributed by atoms with Gasteiger partial charge in [0.15, 0.2) is 0 Å². The summed E-state index contributed by atoms with van der Waals surface area (Å²) in [5.41, 5.74) is 6.77. The maximum atomic E-state index is 12.7. The summed E-state index contributed by atoms with van der Waals surface area (Å²) in [5.74, 6) is 0.0447. The quantitative estimate of drug-likeness (QED) is 0.921. The van der Waals surface area contributed by atoms with Crippen LogP contribution in [0, 0.1) is 0 Å². The summed E-state index contributed by atoms with van der Waals surface area (Å²) < 4.78 is 6.17. The lowest BCUT2D eigenvalue weighted by atomic mass is 10.2. The van der Waals surface area contributed by atoms with Gasteiger partial charge in [-0.25, -0.2) is 0 Å². The highest BCUT2D eigenvalue weighted by Crippen LogP contribution is 2.36. The Hall–Kier alpha value is -1.59. The van der Waals surface area contributed by atoms with Crippen LogP contribution in [-0.4, -0.2) is 37.1 Å². The Kier molecular flexibility index (Phi) is 3.63. The van der Waals surface area contributed by atoms with E-state index >= 15 is 0 Å². The number of benzene rings is 1. The molecular formula is C15H18N2O2S. The molecule has 0 atom stereocenters. The largest absolute Gasteiger partial charge is 0.397 e. The monoisotopic (exact) mass is 290 g/mol. The van der Waals surface area contributed by atoms with Crippen LogP contribution in [0.15, 0.2) is 24.3 Å². The number of carbonyl (C=O) groups is 1. The third-order valence-electron chi connectivity index (χ3n) is 3.61. The molecule has 2 aromatic rings. The molecule has 1 aliphatic rings. The molecule has 106 valence electrons. The lowest BCUT2D eigenvalue weighted by Crippen LogP contribution is -2.35. The fraction of sp³-hybridized carbons (Fsp3) is 0.400. The fourth-order valence-corrected chi connectivity index (χ4v) is 3.46. The van der Waals surface area contributed by atoms with Crippen LogP contribution in [0.4, 0.5) is 5.69 Å². The highest BCUT2D eigenvalue weighted by atomic mass is 32.1.